The Balaban J connectivity index is 2.22. The van der Waals surface area contributed by atoms with Gasteiger partial charge in [0, 0.05) is 38.0 Å². The first-order valence-electron chi connectivity index (χ1n) is 16.1. The molecule has 1 aromatic carbocycles. The lowest BCUT2D eigenvalue weighted by molar-refractivity contribution is -0.128. The quantitative estimate of drug-likeness (QED) is 0.155. The van der Waals surface area contributed by atoms with Crippen LogP contribution in [0.2, 0.25) is 0 Å². The van der Waals surface area contributed by atoms with Crippen molar-refractivity contribution in [2.75, 3.05) is 33.5 Å². The number of methoxy groups -OCH3 is 1. The highest BCUT2D eigenvalue weighted by Gasteiger charge is 2.43. The van der Waals surface area contributed by atoms with Gasteiger partial charge in [-0.05, 0) is 88.3 Å². The van der Waals surface area contributed by atoms with Gasteiger partial charge in [-0.25, -0.2) is 9.18 Å². The molecule has 1 aliphatic rings. The van der Waals surface area contributed by atoms with Gasteiger partial charge in [0.05, 0.1) is 25.4 Å². The second kappa shape index (κ2) is 17.3. The molecular weight excluding hydrogens is 567 g/mol. The number of rotatable bonds is 19. The van der Waals surface area contributed by atoms with E-state index in [4.69, 9.17) is 14.2 Å². The van der Waals surface area contributed by atoms with Gasteiger partial charge in [0.2, 0.25) is 5.91 Å². The number of benzene rings is 1. The fourth-order valence-electron chi connectivity index (χ4n) is 5.24. The second-order valence-electron chi connectivity index (χ2n) is 14.2. The van der Waals surface area contributed by atoms with Crippen LogP contribution < -0.4 is 15.4 Å². The summed E-state index contributed by atoms with van der Waals surface area (Å²) in [5.41, 5.74) is -0.0675. The molecule has 0 aromatic heterocycles. The number of amides is 2. The Morgan fingerprint density at radius 1 is 1.07 bits per heavy atom. The summed E-state index contributed by atoms with van der Waals surface area (Å²) in [5, 5.41) is 27.1. The Labute approximate surface area is 263 Å². The summed E-state index contributed by atoms with van der Waals surface area (Å²) in [6.45, 7) is 14.7. The summed E-state index contributed by atoms with van der Waals surface area (Å²) in [4.78, 5) is 26.1. The number of halogens is 1. The van der Waals surface area contributed by atoms with Gasteiger partial charge in [0.25, 0.3) is 0 Å². The van der Waals surface area contributed by atoms with Crippen molar-refractivity contribution < 1.29 is 38.4 Å². The molecule has 0 aliphatic heterocycles. The van der Waals surface area contributed by atoms with Crippen LogP contribution in [0.15, 0.2) is 18.2 Å². The summed E-state index contributed by atoms with van der Waals surface area (Å²) in [6, 6.07) is 4.15. The van der Waals surface area contributed by atoms with Crippen LogP contribution in [0.4, 0.5) is 9.18 Å². The summed E-state index contributed by atoms with van der Waals surface area (Å²) in [6.07, 6.45) is 1.88. The van der Waals surface area contributed by atoms with Gasteiger partial charge >= 0.3 is 6.09 Å². The van der Waals surface area contributed by atoms with Gasteiger partial charge in [-0.2, -0.15) is 0 Å². The average Bonchev–Trinajstić information content (AvgIpc) is 3.72. The van der Waals surface area contributed by atoms with E-state index in [0.717, 1.165) is 18.4 Å². The minimum absolute atomic E-state index is 0.00185. The van der Waals surface area contributed by atoms with E-state index in [-0.39, 0.29) is 47.9 Å². The van der Waals surface area contributed by atoms with Crippen molar-refractivity contribution in [1.82, 2.24) is 10.6 Å². The molecule has 1 saturated carbocycles. The number of aliphatic hydroxyl groups excluding tert-OH is 2. The highest BCUT2D eigenvalue weighted by Crippen LogP contribution is 2.44. The van der Waals surface area contributed by atoms with Crippen molar-refractivity contribution in [1.29, 1.82) is 0 Å². The molecule has 2 amide bonds. The third kappa shape index (κ3) is 12.9. The van der Waals surface area contributed by atoms with Crippen molar-refractivity contribution in [2.45, 2.75) is 105 Å². The van der Waals surface area contributed by atoms with E-state index in [1.807, 2.05) is 13.8 Å². The third-order valence-electron chi connectivity index (χ3n) is 8.48. The van der Waals surface area contributed by atoms with Gasteiger partial charge < -0.3 is 35.1 Å². The molecule has 1 fully saturated rings. The van der Waals surface area contributed by atoms with Crippen LogP contribution in [-0.2, 0) is 20.7 Å². The smallest absolute Gasteiger partial charge is 0.407 e. The number of aliphatic hydroxyl groups is 2. The Morgan fingerprint density at radius 2 is 1.75 bits per heavy atom. The number of alkyl carbamates (subject to hydrolysis) is 1. The zero-order chi connectivity index (χ0) is 33.1. The van der Waals surface area contributed by atoms with Crippen molar-refractivity contribution in [3.8, 4) is 5.75 Å². The number of hydrogen-bond donors (Lipinski definition) is 4. The zero-order valence-electron chi connectivity index (χ0n) is 28.1. The molecule has 10 heteroatoms. The first-order valence-corrected chi connectivity index (χ1v) is 16.1. The first-order chi connectivity index (χ1) is 20.6. The molecular formula is C34H57FN2O7. The predicted molar refractivity (Wildman–Crippen MR) is 169 cm³/mol. The molecule has 0 unspecified atom stereocenters. The van der Waals surface area contributed by atoms with E-state index in [1.165, 1.54) is 6.07 Å². The number of carbonyl (C=O) groups is 2. The molecule has 4 atom stereocenters. The number of carbonyl (C=O) groups excluding carboxylic acids is 2. The van der Waals surface area contributed by atoms with Crippen LogP contribution in [0.25, 0.3) is 0 Å². The van der Waals surface area contributed by atoms with Crippen molar-refractivity contribution >= 4 is 12.0 Å². The lowest BCUT2D eigenvalue weighted by Crippen LogP contribution is -2.49. The lowest BCUT2D eigenvalue weighted by Gasteiger charge is -2.33. The normalized spacial score (nSPS) is 17.1. The molecule has 0 bridgehead atoms. The Bertz CT molecular complexity index is 1040. The maximum absolute atomic E-state index is 14.5. The fourth-order valence-corrected chi connectivity index (χ4v) is 5.24. The van der Waals surface area contributed by atoms with Crippen molar-refractivity contribution in [3.05, 3.63) is 29.6 Å². The van der Waals surface area contributed by atoms with Crippen LogP contribution in [0.5, 0.6) is 5.75 Å². The molecule has 0 radical (unpaired) electrons. The zero-order valence-corrected chi connectivity index (χ0v) is 28.1. The SMILES string of the molecule is COCCCOc1cc(C[C@H](C[C@H](NC(=O)OC(C)(C)C)[C@H](O)C[C@H](C(=O)NCC2(CO)CC2)C(C)C)C(C)C)ccc1F. The molecule has 0 spiro atoms. The molecule has 0 heterocycles. The van der Waals surface area contributed by atoms with E-state index in [9.17, 15) is 24.2 Å². The topological polar surface area (TPSA) is 126 Å². The van der Waals surface area contributed by atoms with E-state index >= 15 is 0 Å². The van der Waals surface area contributed by atoms with E-state index in [1.54, 1.807) is 40.0 Å². The fraction of sp³-hybridized carbons (Fsp3) is 0.765. The van der Waals surface area contributed by atoms with E-state index in [2.05, 4.69) is 24.5 Å². The lowest BCUT2D eigenvalue weighted by atomic mass is 9.80. The summed E-state index contributed by atoms with van der Waals surface area (Å²) >= 11 is 0. The van der Waals surface area contributed by atoms with Crippen LogP contribution in [0, 0.1) is 34.9 Å². The number of nitrogens with one attached hydrogen (secondary N) is 2. The van der Waals surface area contributed by atoms with Crippen LogP contribution in [0.3, 0.4) is 0 Å². The molecule has 1 aromatic rings. The minimum Gasteiger partial charge on any atom is -0.490 e. The highest BCUT2D eigenvalue weighted by atomic mass is 19.1. The monoisotopic (exact) mass is 624 g/mol. The molecule has 44 heavy (non-hydrogen) atoms. The van der Waals surface area contributed by atoms with E-state index < -0.39 is 35.6 Å². The number of hydrogen-bond acceptors (Lipinski definition) is 7. The van der Waals surface area contributed by atoms with Crippen molar-refractivity contribution in [2.24, 2.45) is 29.1 Å². The van der Waals surface area contributed by atoms with E-state index in [0.29, 0.717) is 39.0 Å². The predicted octanol–water partition coefficient (Wildman–Crippen LogP) is 5.25. The molecule has 1 aliphatic carbocycles. The number of ether oxygens (including phenoxy) is 3. The Morgan fingerprint density at radius 3 is 2.30 bits per heavy atom. The largest absolute Gasteiger partial charge is 0.490 e. The Kier molecular flexibility index (Phi) is 14.9. The van der Waals surface area contributed by atoms with Crippen molar-refractivity contribution in [3.63, 3.8) is 0 Å². The summed E-state index contributed by atoms with van der Waals surface area (Å²) < 4.78 is 30.7. The average molecular weight is 625 g/mol. The highest BCUT2D eigenvalue weighted by molar-refractivity contribution is 5.79. The molecule has 9 nitrogen and oxygen atoms in total. The Hall–Kier alpha value is -2.43. The molecule has 2 rings (SSSR count). The van der Waals surface area contributed by atoms with Crippen LogP contribution >= 0.6 is 0 Å². The first kappa shape index (κ1) is 37.8. The second-order valence-corrected chi connectivity index (χ2v) is 14.2. The molecule has 0 saturated heterocycles. The standard InChI is InChI=1S/C34H57FN2O7/c1-22(2)25(16-24-10-11-27(35)30(17-24)43-15-9-14-42-8)18-28(37-32(41)44-33(5,6)7)29(39)19-26(23(3)4)31(40)36-20-34(21-38)12-13-34/h10-11,17,22-23,25-26,28-29,38-39H,9,12-16,18-21H2,1-8H3,(H,36,40)(H,37,41)/t25-,26+,28+,29-/m1/s1. The maximum Gasteiger partial charge on any atom is 0.407 e. The summed E-state index contributed by atoms with van der Waals surface area (Å²) in [5.74, 6) is -0.796. The van der Waals surface area contributed by atoms with Gasteiger partial charge in [0.15, 0.2) is 11.6 Å². The molecule has 4 N–H and O–H groups in total. The maximum atomic E-state index is 14.5. The van der Waals surface area contributed by atoms with Crippen LogP contribution in [0.1, 0.15) is 86.1 Å². The van der Waals surface area contributed by atoms with Gasteiger partial charge in [-0.15, -0.1) is 0 Å². The third-order valence-corrected chi connectivity index (χ3v) is 8.48. The molecule has 252 valence electrons. The van der Waals surface area contributed by atoms with Gasteiger partial charge in [-0.3, -0.25) is 4.79 Å². The van der Waals surface area contributed by atoms with Gasteiger partial charge in [0.1, 0.15) is 5.60 Å². The minimum atomic E-state index is -1.03. The van der Waals surface area contributed by atoms with Gasteiger partial charge in [-0.1, -0.05) is 33.8 Å². The summed E-state index contributed by atoms with van der Waals surface area (Å²) in [7, 11) is 1.61. The van der Waals surface area contributed by atoms with Crippen LogP contribution in [-0.4, -0.2) is 73.4 Å².